The maximum atomic E-state index is 12.2. The van der Waals surface area contributed by atoms with Crippen molar-refractivity contribution in [2.75, 3.05) is 14.1 Å². The van der Waals surface area contributed by atoms with Crippen molar-refractivity contribution in [3.8, 4) is 0 Å². The number of carbonyl (C=O) groups is 1. The Hall–Kier alpha value is -1.29. The van der Waals surface area contributed by atoms with Crippen LogP contribution in [0.3, 0.4) is 0 Å². The van der Waals surface area contributed by atoms with Gasteiger partial charge in [0.25, 0.3) is 0 Å². The standard InChI is InChI=1S/C15H26N2O2/c1-11(2)9-14(15(18)17(4)5)16-12(3)10-13-7-6-8-19-13/h6-8,11-12,14,16H,9-10H2,1-5H3. The lowest BCUT2D eigenvalue weighted by Gasteiger charge is -2.26. The van der Waals surface area contributed by atoms with E-state index in [-0.39, 0.29) is 18.0 Å². The smallest absolute Gasteiger partial charge is 0.239 e. The Bertz CT molecular complexity index is 372. The van der Waals surface area contributed by atoms with Crippen molar-refractivity contribution >= 4 is 5.91 Å². The Morgan fingerprint density at radius 2 is 2.05 bits per heavy atom. The summed E-state index contributed by atoms with van der Waals surface area (Å²) < 4.78 is 5.34. The predicted molar refractivity (Wildman–Crippen MR) is 76.9 cm³/mol. The summed E-state index contributed by atoms with van der Waals surface area (Å²) in [4.78, 5) is 13.8. The minimum absolute atomic E-state index is 0.125. The lowest BCUT2D eigenvalue weighted by Crippen LogP contribution is -2.48. The van der Waals surface area contributed by atoms with Crippen LogP contribution in [0.5, 0.6) is 0 Å². The molecule has 0 aliphatic carbocycles. The number of furan rings is 1. The molecule has 2 unspecified atom stereocenters. The monoisotopic (exact) mass is 266 g/mol. The minimum atomic E-state index is -0.125. The first-order chi connectivity index (χ1) is 8.90. The maximum Gasteiger partial charge on any atom is 0.239 e. The molecule has 0 saturated carbocycles. The molecule has 1 rings (SSSR count). The molecule has 0 fully saturated rings. The summed E-state index contributed by atoms with van der Waals surface area (Å²) in [5, 5.41) is 3.42. The third kappa shape index (κ3) is 5.47. The summed E-state index contributed by atoms with van der Waals surface area (Å²) in [6.07, 6.45) is 3.32. The quantitative estimate of drug-likeness (QED) is 0.823. The Kier molecular flexibility index (Phi) is 6.09. The fourth-order valence-electron chi connectivity index (χ4n) is 2.16. The van der Waals surface area contributed by atoms with Gasteiger partial charge in [-0.3, -0.25) is 4.79 Å². The predicted octanol–water partition coefficient (Wildman–Crippen LogP) is 2.30. The summed E-state index contributed by atoms with van der Waals surface area (Å²) in [6.45, 7) is 6.35. The molecule has 108 valence electrons. The van der Waals surface area contributed by atoms with E-state index in [1.165, 1.54) is 0 Å². The van der Waals surface area contributed by atoms with Gasteiger partial charge in [-0.2, -0.15) is 0 Å². The average Bonchev–Trinajstić information content (AvgIpc) is 2.78. The van der Waals surface area contributed by atoms with Crippen molar-refractivity contribution < 1.29 is 9.21 Å². The first kappa shape index (κ1) is 15.8. The summed E-state index contributed by atoms with van der Waals surface area (Å²) in [5.41, 5.74) is 0. The normalized spacial score (nSPS) is 14.4. The van der Waals surface area contributed by atoms with Crippen LogP contribution in [0.15, 0.2) is 22.8 Å². The van der Waals surface area contributed by atoms with Gasteiger partial charge in [0, 0.05) is 26.6 Å². The molecule has 1 heterocycles. The van der Waals surface area contributed by atoms with E-state index in [2.05, 4.69) is 26.1 Å². The molecule has 19 heavy (non-hydrogen) atoms. The SMILES string of the molecule is CC(C)CC(NC(C)Cc1ccco1)C(=O)N(C)C. The molecule has 4 nitrogen and oxygen atoms in total. The molecule has 0 aliphatic heterocycles. The highest BCUT2D eigenvalue weighted by atomic mass is 16.3. The third-order valence-corrected chi connectivity index (χ3v) is 3.02. The Balaban J connectivity index is 2.58. The van der Waals surface area contributed by atoms with Crippen molar-refractivity contribution in [2.45, 2.75) is 45.7 Å². The fraction of sp³-hybridized carbons (Fsp3) is 0.667. The molecule has 0 aliphatic rings. The number of nitrogens with zero attached hydrogens (tertiary/aromatic N) is 1. The highest BCUT2D eigenvalue weighted by Gasteiger charge is 2.23. The highest BCUT2D eigenvalue weighted by molar-refractivity contribution is 5.81. The second-order valence-electron chi connectivity index (χ2n) is 5.77. The molecule has 2 atom stereocenters. The average molecular weight is 266 g/mol. The van der Waals surface area contributed by atoms with E-state index in [9.17, 15) is 4.79 Å². The Morgan fingerprint density at radius 1 is 1.37 bits per heavy atom. The Morgan fingerprint density at radius 3 is 2.53 bits per heavy atom. The van der Waals surface area contributed by atoms with Gasteiger partial charge in [0.1, 0.15) is 5.76 Å². The second kappa shape index (κ2) is 7.34. The molecule has 1 N–H and O–H groups in total. The number of rotatable bonds is 7. The van der Waals surface area contributed by atoms with Gasteiger partial charge in [0.15, 0.2) is 0 Å². The molecule has 1 amide bonds. The van der Waals surface area contributed by atoms with Crippen LogP contribution in [-0.2, 0) is 11.2 Å². The zero-order valence-electron chi connectivity index (χ0n) is 12.6. The Labute approximate surface area is 116 Å². The molecular weight excluding hydrogens is 240 g/mol. The van der Waals surface area contributed by atoms with E-state index in [0.717, 1.165) is 18.6 Å². The number of likely N-dealkylation sites (N-methyl/N-ethyl adjacent to an activating group) is 1. The van der Waals surface area contributed by atoms with Crippen molar-refractivity contribution in [1.29, 1.82) is 0 Å². The summed E-state index contributed by atoms with van der Waals surface area (Å²) >= 11 is 0. The molecule has 1 aromatic rings. The lowest BCUT2D eigenvalue weighted by molar-refractivity contribution is -0.131. The zero-order valence-corrected chi connectivity index (χ0v) is 12.6. The minimum Gasteiger partial charge on any atom is -0.469 e. The number of nitrogens with one attached hydrogen (secondary N) is 1. The lowest BCUT2D eigenvalue weighted by atomic mass is 10.0. The van der Waals surface area contributed by atoms with Crippen molar-refractivity contribution in [3.63, 3.8) is 0 Å². The van der Waals surface area contributed by atoms with Crippen LogP contribution in [0.4, 0.5) is 0 Å². The molecule has 4 heteroatoms. The molecule has 0 radical (unpaired) electrons. The topological polar surface area (TPSA) is 45.5 Å². The van der Waals surface area contributed by atoms with Crippen molar-refractivity contribution in [2.24, 2.45) is 5.92 Å². The van der Waals surface area contributed by atoms with Gasteiger partial charge >= 0.3 is 0 Å². The molecule has 0 aromatic carbocycles. The van der Waals surface area contributed by atoms with Gasteiger partial charge in [0.05, 0.1) is 12.3 Å². The van der Waals surface area contributed by atoms with Crippen LogP contribution < -0.4 is 5.32 Å². The van der Waals surface area contributed by atoms with Crippen LogP contribution in [0.2, 0.25) is 0 Å². The van der Waals surface area contributed by atoms with Crippen LogP contribution in [-0.4, -0.2) is 37.0 Å². The van der Waals surface area contributed by atoms with Gasteiger partial charge in [-0.15, -0.1) is 0 Å². The van der Waals surface area contributed by atoms with E-state index >= 15 is 0 Å². The van der Waals surface area contributed by atoms with Gasteiger partial charge < -0.3 is 14.6 Å². The summed E-state index contributed by atoms with van der Waals surface area (Å²) in [6, 6.07) is 3.93. The first-order valence-electron chi connectivity index (χ1n) is 6.89. The van der Waals surface area contributed by atoms with Crippen LogP contribution in [0.1, 0.15) is 33.0 Å². The molecule has 0 saturated heterocycles. The third-order valence-electron chi connectivity index (χ3n) is 3.02. The molecule has 0 spiro atoms. The molecular formula is C15H26N2O2. The van der Waals surface area contributed by atoms with Gasteiger partial charge in [-0.25, -0.2) is 0 Å². The van der Waals surface area contributed by atoms with Crippen LogP contribution in [0, 0.1) is 5.92 Å². The molecule has 0 bridgehead atoms. The fourth-order valence-corrected chi connectivity index (χ4v) is 2.16. The summed E-state index contributed by atoms with van der Waals surface area (Å²) in [7, 11) is 3.60. The van der Waals surface area contributed by atoms with E-state index in [1.807, 2.05) is 12.1 Å². The van der Waals surface area contributed by atoms with Crippen LogP contribution in [0.25, 0.3) is 0 Å². The van der Waals surface area contributed by atoms with Crippen molar-refractivity contribution in [3.05, 3.63) is 24.2 Å². The summed E-state index contributed by atoms with van der Waals surface area (Å²) in [5.74, 6) is 1.57. The molecule has 1 aromatic heterocycles. The van der Waals surface area contributed by atoms with E-state index in [4.69, 9.17) is 4.42 Å². The largest absolute Gasteiger partial charge is 0.469 e. The van der Waals surface area contributed by atoms with E-state index < -0.39 is 0 Å². The second-order valence-corrected chi connectivity index (χ2v) is 5.77. The van der Waals surface area contributed by atoms with E-state index in [0.29, 0.717) is 5.92 Å². The first-order valence-corrected chi connectivity index (χ1v) is 6.89. The van der Waals surface area contributed by atoms with Crippen LogP contribution >= 0.6 is 0 Å². The zero-order chi connectivity index (χ0) is 14.4. The van der Waals surface area contributed by atoms with Gasteiger partial charge in [-0.05, 0) is 31.4 Å². The number of hydrogen-bond acceptors (Lipinski definition) is 3. The van der Waals surface area contributed by atoms with E-state index in [1.54, 1.807) is 25.3 Å². The maximum absolute atomic E-state index is 12.2. The van der Waals surface area contributed by atoms with Crippen molar-refractivity contribution in [1.82, 2.24) is 10.2 Å². The number of amides is 1. The van der Waals surface area contributed by atoms with Gasteiger partial charge in [-0.1, -0.05) is 13.8 Å². The number of hydrogen-bond donors (Lipinski definition) is 1. The highest BCUT2D eigenvalue weighted by Crippen LogP contribution is 2.10. The number of carbonyl (C=O) groups excluding carboxylic acids is 1. The van der Waals surface area contributed by atoms with Gasteiger partial charge in [0.2, 0.25) is 5.91 Å².